The Morgan fingerprint density at radius 1 is 0.862 bits per heavy atom. The van der Waals surface area contributed by atoms with Crippen LogP contribution in [-0.4, -0.2) is 11.6 Å². The van der Waals surface area contributed by atoms with E-state index >= 15 is 0 Å². The van der Waals surface area contributed by atoms with Crippen LogP contribution in [0.5, 0.6) is 5.75 Å². The summed E-state index contributed by atoms with van der Waals surface area (Å²) in [6.07, 6.45) is 2.92. The highest BCUT2D eigenvalue weighted by Gasteiger charge is 2.08. The Hall–Kier alpha value is -3.40. The molecule has 1 N–H and O–H groups in total. The van der Waals surface area contributed by atoms with Gasteiger partial charge in [-0.3, -0.25) is 4.79 Å². The molecule has 1 amide bonds. The summed E-state index contributed by atoms with van der Waals surface area (Å²) >= 11 is 0. The van der Waals surface area contributed by atoms with E-state index < -0.39 is 0 Å². The molecule has 0 unspecified atom stereocenters. The summed E-state index contributed by atoms with van der Waals surface area (Å²) in [6, 6.07) is 27.0. The van der Waals surface area contributed by atoms with E-state index in [4.69, 9.17) is 4.74 Å². The Bertz CT molecular complexity index is 920. The normalized spacial score (nSPS) is 11.1. The molecule has 0 radical (unpaired) electrons. The standard InChI is InChI=1S/C25H26N2O2/c1-2-3-14-24(21-12-8-5-9-13-21)26-27-25(28)22-15-17-23(18-16-22)29-19-20-10-6-4-7-11-20/h4-13,15-18H,2-3,14,19H2,1H3,(H,27,28)/b26-24+. The van der Waals surface area contributed by atoms with E-state index in [1.807, 2.05) is 60.7 Å². The van der Waals surface area contributed by atoms with Crippen LogP contribution in [0.25, 0.3) is 0 Å². The number of carbonyl (C=O) groups is 1. The van der Waals surface area contributed by atoms with Gasteiger partial charge >= 0.3 is 0 Å². The first-order valence-electron chi connectivity index (χ1n) is 9.95. The van der Waals surface area contributed by atoms with Gasteiger partial charge in [0.25, 0.3) is 5.91 Å². The highest BCUT2D eigenvalue weighted by molar-refractivity contribution is 6.02. The Morgan fingerprint density at radius 2 is 1.52 bits per heavy atom. The van der Waals surface area contributed by atoms with Crippen LogP contribution in [0.1, 0.15) is 47.7 Å². The van der Waals surface area contributed by atoms with Gasteiger partial charge in [-0.05, 0) is 48.2 Å². The summed E-state index contributed by atoms with van der Waals surface area (Å²) in [7, 11) is 0. The lowest BCUT2D eigenvalue weighted by molar-refractivity contribution is 0.0954. The number of nitrogens with one attached hydrogen (secondary N) is 1. The summed E-state index contributed by atoms with van der Waals surface area (Å²) in [4.78, 5) is 12.5. The average Bonchev–Trinajstić information content (AvgIpc) is 2.79. The molecule has 0 fully saturated rings. The fourth-order valence-corrected chi connectivity index (χ4v) is 2.87. The van der Waals surface area contributed by atoms with Gasteiger partial charge in [0.2, 0.25) is 0 Å². The highest BCUT2D eigenvalue weighted by Crippen LogP contribution is 2.14. The van der Waals surface area contributed by atoms with E-state index in [0.717, 1.165) is 41.9 Å². The fourth-order valence-electron chi connectivity index (χ4n) is 2.87. The molecule has 148 valence electrons. The van der Waals surface area contributed by atoms with Crippen LogP contribution in [0.3, 0.4) is 0 Å². The lowest BCUT2D eigenvalue weighted by Gasteiger charge is -2.08. The molecular formula is C25H26N2O2. The number of amides is 1. The predicted octanol–water partition coefficient (Wildman–Crippen LogP) is 5.59. The van der Waals surface area contributed by atoms with Crippen LogP contribution in [0.15, 0.2) is 90.0 Å². The number of carbonyl (C=O) groups excluding carboxylic acids is 1. The molecule has 0 aliphatic carbocycles. The van der Waals surface area contributed by atoms with Gasteiger partial charge in [0, 0.05) is 5.56 Å². The van der Waals surface area contributed by atoms with Crippen LogP contribution in [-0.2, 0) is 6.61 Å². The van der Waals surface area contributed by atoms with Crippen molar-refractivity contribution in [2.24, 2.45) is 5.10 Å². The maximum Gasteiger partial charge on any atom is 0.271 e. The van der Waals surface area contributed by atoms with Gasteiger partial charge in [-0.1, -0.05) is 74.0 Å². The van der Waals surface area contributed by atoms with E-state index in [1.165, 1.54) is 0 Å². The zero-order chi connectivity index (χ0) is 20.3. The van der Waals surface area contributed by atoms with Gasteiger partial charge in [-0.2, -0.15) is 5.10 Å². The van der Waals surface area contributed by atoms with Gasteiger partial charge in [0.15, 0.2) is 0 Å². The summed E-state index contributed by atoms with van der Waals surface area (Å²) in [6.45, 7) is 2.64. The monoisotopic (exact) mass is 386 g/mol. The highest BCUT2D eigenvalue weighted by atomic mass is 16.5. The number of ether oxygens (including phenoxy) is 1. The maximum absolute atomic E-state index is 12.5. The van der Waals surface area contributed by atoms with Gasteiger partial charge in [-0.25, -0.2) is 5.43 Å². The Labute approximate surface area is 172 Å². The van der Waals surface area contributed by atoms with Crippen molar-refractivity contribution in [3.63, 3.8) is 0 Å². The predicted molar refractivity (Wildman–Crippen MR) is 117 cm³/mol. The minimum absolute atomic E-state index is 0.232. The molecule has 3 aromatic rings. The first kappa shape index (κ1) is 20.3. The van der Waals surface area contributed by atoms with E-state index in [2.05, 4.69) is 17.5 Å². The number of benzene rings is 3. The summed E-state index contributed by atoms with van der Waals surface area (Å²) < 4.78 is 5.77. The minimum atomic E-state index is -0.232. The third-order valence-electron chi connectivity index (χ3n) is 4.53. The molecule has 3 aromatic carbocycles. The third kappa shape index (κ3) is 6.32. The van der Waals surface area contributed by atoms with Gasteiger partial charge in [-0.15, -0.1) is 0 Å². The van der Waals surface area contributed by atoms with Crippen LogP contribution in [0, 0.1) is 0 Å². The van der Waals surface area contributed by atoms with Crippen molar-refractivity contribution >= 4 is 11.6 Å². The Morgan fingerprint density at radius 3 is 2.17 bits per heavy atom. The molecule has 0 bridgehead atoms. The molecule has 0 aliphatic rings. The summed E-state index contributed by atoms with van der Waals surface area (Å²) in [5.41, 5.74) is 6.26. The lowest BCUT2D eigenvalue weighted by Crippen LogP contribution is -2.20. The number of hydrogen-bond acceptors (Lipinski definition) is 3. The Kier molecular flexibility index (Phi) is 7.58. The molecule has 4 nitrogen and oxygen atoms in total. The first-order valence-corrected chi connectivity index (χ1v) is 9.95. The van der Waals surface area contributed by atoms with E-state index in [9.17, 15) is 4.79 Å². The second-order valence-corrected chi connectivity index (χ2v) is 6.77. The maximum atomic E-state index is 12.5. The fraction of sp³-hybridized carbons (Fsp3) is 0.200. The van der Waals surface area contributed by atoms with Crippen molar-refractivity contribution < 1.29 is 9.53 Å². The molecule has 0 spiro atoms. The zero-order valence-corrected chi connectivity index (χ0v) is 16.7. The molecule has 29 heavy (non-hydrogen) atoms. The average molecular weight is 386 g/mol. The van der Waals surface area contributed by atoms with Crippen molar-refractivity contribution in [2.45, 2.75) is 32.8 Å². The third-order valence-corrected chi connectivity index (χ3v) is 4.53. The number of rotatable bonds is 9. The van der Waals surface area contributed by atoms with E-state index in [0.29, 0.717) is 12.2 Å². The van der Waals surface area contributed by atoms with Crippen molar-refractivity contribution in [2.75, 3.05) is 0 Å². The minimum Gasteiger partial charge on any atom is -0.489 e. The molecule has 0 aromatic heterocycles. The number of hydrazone groups is 1. The summed E-state index contributed by atoms with van der Waals surface area (Å²) in [5, 5.41) is 4.39. The molecule has 0 aliphatic heterocycles. The molecule has 0 saturated carbocycles. The smallest absolute Gasteiger partial charge is 0.271 e. The molecule has 0 saturated heterocycles. The second kappa shape index (κ2) is 10.8. The van der Waals surface area contributed by atoms with Gasteiger partial charge in [0.05, 0.1) is 5.71 Å². The molecular weight excluding hydrogens is 360 g/mol. The van der Waals surface area contributed by atoms with Crippen molar-refractivity contribution in [1.29, 1.82) is 0 Å². The van der Waals surface area contributed by atoms with Gasteiger partial charge in [0.1, 0.15) is 12.4 Å². The van der Waals surface area contributed by atoms with Crippen LogP contribution in [0.4, 0.5) is 0 Å². The number of unbranched alkanes of at least 4 members (excludes halogenated alkanes) is 1. The van der Waals surface area contributed by atoms with Crippen molar-refractivity contribution in [3.8, 4) is 5.75 Å². The zero-order valence-electron chi connectivity index (χ0n) is 16.7. The van der Waals surface area contributed by atoms with Crippen LogP contribution in [0.2, 0.25) is 0 Å². The van der Waals surface area contributed by atoms with Crippen LogP contribution >= 0.6 is 0 Å². The molecule has 0 atom stereocenters. The van der Waals surface area contributed by atoms with E-state index in [1.54, 1.807) is 24.3 Å². The quantitative estimate of drug-likeness (QED) is 0.385. The number of nitrogens with zero attached hydrogens (tertiary/aromatic N) is 1. The van der Waals surface area contributed by atoms with Gasteiger partial charge < -0.3 is 4.74 Å². The molecule has 4 heteroatoms. The topological polar surface area (TPSA) is 50.7 Å². The molecule has 0 heterocycles. The summed E-state index contributed by atoms with van der Waals surface area (Å²) in [5.74, 6) is 0.492. The van der Waals surface area contributed by atoms with Crippen molar-refractivity contribution in [1.82, 2.24) is 5.43 Å². The molecule has 3 rings (SSSR count). The number of hydrogen-bond donors (Lipinski definition) is 1. The van der Waals surface area contributed by atoms with E-state index in [-0.39, 0.29) is 5.91 Å². The SMILES string of the molecule is CCCC/C(=N\NC(=O)c1ccc(OCc2ccccc2)cc1)c1ccccc1. The second-order valence-electron chi connectivity index (χ2n) is 6.77. The lowest BCUT2D eigenvalue weighted by atomic mass is 10.1. The largest absolute Gasteiger partial charge is 0.489 e. The van der Waals surface area contributed by atoms with Crippen molar-refractivity contribution in [3.05, 3.63) is 102 Å². The first-order chi connectivity index (χ1) is 14.3. The Balaban J connectivity index is 1.61. The van der Waals surface area contributed by atoms with Crippen LogP contribution < -0.4 is 10.2 Å².